The first-order chi connectivity index (χ1) is 9.76. The second kappa shape index (κ2) is 10.2. The molecule has 0 atom stereocenters. The van der Waals surface area contributed by atoms with Crippen molar-refractivity contribution in [2.24, 2.45) is 0 Å². The number of carbonyl (C=O) groups is 1. The lowest BCUT2D eigenvalue weighted by Gasteiger charge is -2.08. The molecule has 0 saturated heterocycles. The molecule has 1 aromatic carbocycles. The van der Waals surface area contributed by atoms with Gasteiger partial charge in [-0.3, -0.25) is 4.79 Å². The molecule has 0 bridgehead atoms. The lowest BCUT2D eigenvalue weighted by atomic mass is 10.2. The summed E-state index contributed by atoms with van der Waals surface area (Å²) in [4.78, 5) is 11.5. The summed E-state index contributed by atoms with van der Waals surface area (Å²) in [6, 6.07) is 7.75. The highest BCUT2D eigenvalue weighted by Gasteiger charge is 2.02. The van der Waals surface area contributed by atoms with Gasteiger partial charge in [0.2, 0.25) is 0 Å². The summed E-state index contributed by atoms with van der Waals surface area (Å²) in [5.41, 5.74) is 1.20. The lowest BCUT2D eigenvalue weighted by Crippen LogP contribution is -2.30. The van der Waals surface area contributed by atoms with E-state index in [4.69, 9.17) is 9.47 Å². The zero-order chi connectivity index (χ0) is 14.6. The maximum Gasteiger partial charge on any atom is 0.257 e. The summed E-state index contributed by atoms with van der Waals surface area (Å²) in [6.07, 6.45) is 0.807. The van der Waals surface area contributed by atoms with Gasteiger partial charge in [-0.1, -0.05) is 19.1 Å². The molecule has 0 aliphatic rings. The third-order valence-electron chi connectivity index (χ3n) is 2.72. The topological polar surface area (TPSA) is 59.6 Å². The molecule has 1 aromatic rings. The van der Waals surface area contributed by atoms with Crippen molar-refractivity contribution in [1.29, 1.82) is 0 Å². The van der Waals surface area contributed by atoms with Gasteiger partial charge in [0.15, 0.2) is 6.61 Å². The van der Waals surface area contributed by atoms with E-state index in [1.807, 2.05) is 24.3 Å². The molecule has 0 unspecified atom stereocenters. The summed E-state index contributed by atoms with van der Waals surface area (Å²) in [6.45, 7) is 5.16. The Hall–Kier alpha value is -1.59. The third-order valence-corrected chi connectivity index (χ3v) is 2.72. The van der Waals surface area contributed by atoms with E-state index in [0.717, 1.165) is 19.5 Å². The zero-order valence-corrected chi connectivity index (χ0v) is 12.3. The number of benzene rings is 1. The monoisotopic (exact) mass is 280 g/mol. The minimum absolute atomic E-state index is 0.0412. The van der Waals surface area contributed by atoms with Crippen molar-refractivity contribution in [1.82, 2.24) is 10.6 Å². The first kappa shape index (κ1) is 16.5. The molecule has 0 aliphatic carbocycles. The smallest absolute Gasteiger partial charge is 0.257 e. The van der Waals surface area contributed by atoms with Crippen LogP contribution < -0.4 is 15.4 Å². The van der Waals surface area contributed by atoms with Gasteiger partial charge in [0.25, 0.3) is 5.91 Å². The van der Waals surface area contributed by atoms with E-state index in [1.165, 1.54) is 5.56 Å². The van der Waals surface area contributed by atoms with Crippen molar-refractivity contribution in [3.63, 3.8) is 0 Å². The van der Waals surface area contributed by atoms with Gasteiger partial charge in [0.05, 0.1) is 0 Å². The minimum atomic E-state index is -0.113. The molecule has 1 amide bonds. The third kappa shape index (κ3) is 7.11. The molecule has 0 radical (unpaired) electrons. The number of ether oxygens (including phenoxy) is 2. The molecule has 1 rings (SSSR count). The fourth-order valence-electron chi connectivity index (χ4n) is 1.62. The molecular weight excluding hydrogens is 256 g/mol. The van der Waals surface area contributed by atoms with Gasteiger partial charge in [0.1, 0.15) is 5.75 Å². The minimum Gasteiger partial charge on any atom is -0.484 e. The molecule has 0 heterocycles. The van der Waals surface area contributed by atoms with Crippen LogP contribution in [0.2, 0.25) is 0 Å². The molecule has 112 valence electrons. The summed E-state index contributed by atoms with van der Waals surface area (Å²) >= 11 is 0. The summed E-state index contributed by atoms with van der Waals surface area (Å²) in [5, 5.41) is 6.03. The van der Waals surface area contributed by atoms with Gasteiger partial charge >= 0.3 is 0 Å². The van der Waals surface area contributed by atoms with Gasteiger partial charge in [-0.25, -0.2) is 0 Å². The number of hydrogen-bond donors (Lipinski definition) is 2. The Morgan fingerprint density at radius 1 is 1.25 bits per heavy atom. The quantitative estimate of drug-likeness (QED) is 0.635. The number of methoxy groups -OCH3 is 1. The first-order valence-electron chi connectivity index (χ1n) is 6.94. The van der Waals surface area contributed by atoms with E-state index in [-0.39, 0.29) is 12.5 Å². The number of rotatable bonds is 10. The molecule has 0 aliphatic heterocycles. The number of amides is 1. The Kier molecular flexibility index (Phi) is 8.42. The maximum absolute atomic E-state index is 11.5. The Labute approximate surface area is 120 Å². The SMILES string of the molecule is CCNCc1ccc(OCC(=O)NCCCOC)cc1. The van der Waals surface area contributed by atoms with E-state index < -0.39 is 0 Å². The first-order valence-corrected chi connectivity index (χ1v) is 6.94. The predicted molar refractivity (Wildman–Crippen MR) is 78.8 cm³/mol. The van der Waals surface area contributed by atoms with Crippen molar-refractivity contribution in [3.05, 3.63) is 29.8 Å². The summed E-state index contributed by atoms with van der Waals surface area (Å²) in [7, 11) is 1.64. The average Bonchev–Trinajstić information content (AvgIpc) is 2.48. The van der Waals surface area contributed by atoms with Crippen LogP contribution in [0.4, 0.5) is 0 Å². The zero-order valence-electron chi connectivity index (χ0n) is 12.3. The van der Waals surface area contributed by atoms with Crippen LogP contribution in [0.15, 0.2) is 24.3 Å². The van der Waals surface area contributed by atoms with Gasteiger partial charge in [0, 0.05) is 26.8 Å². The van der Waals surface area contributed by atoms with E-state index >= 15 is 0 Å². The largest absolute Gasteiger partial charge is 0.484 e. The summed E-state index contributed by atoms with van der Waals surface area (Å²) < 4.78 is 10.3. The van der Waals surface area contributed by atoms with Crippen LogP contribution in [0.25, 0.3) is 0 Å². The van der Waals surface area contributed by atoms with Gasteiger partial charge in [-0.2, -0.15) is 0 Å². The van der Waals surface area contributed by atoms with Gasteiger partial charge < -0.3 is 20.1 Å². The maximum atomic E-state index is 11.5. The molecule has 20 heavy (non-hydrogen) atoms. The van der Waals surface area contributed by atoms with Crippen LogP contribution in [-0.4, -0.2) is 39.3 Å². The fourth-order valence-corrected chi connectivity index (χ4v) is 1.62. The number of carbonyl (C=O) groups excluding carboxylic acids is 1. The molecule has 0 spiro atoms. The number of hydrogen-bond acceptors (Lipinski definition) is 4. The summed E-state index contributed by atoms with van der Waals surface area (Å²) in [5.74, 6) is 0.593. The van der Waals surface area contributed by atoms with E-state index in [1.54, 1.807) is 7.11 Å². The van der Waals surface area contributed by atoms with Crippen LogP contribution in [0.5, 0.6) is 5.75 Å². The second-order valence-corrected chi connectivity index (χ2v) is 4.41. The molecule has 0 aromatic heterocycles. The Balaban J connectivity index is 2.22. The molecule has 0 fully saturated rings. The van der Waals surface area contributed by atoms with Crippen LogP contribution in [-0.2, 0) is 16.1 Å². The lowest BCUT2D eigenvalue weighted by molar-refractivity contribution is -0.123. The van der Waals surface area contributed by atoms with Crippen molar-refractivity contribution in [2.75, 3.05) is 33.4 Å². The van der Waals surface area contributed by atoms with Crippen molar-refractivity contribution in [2.45, 2.75) is 19.9 Å². The molecule has 5 nitrogen and oxygen atoms in total. The van der Waals surface area contributed by atoms with E-state index in [2.05, 4.69) is 17.6 Å². The van der Waals surface area contributed by atoms with Crippen LogP contribution in [0.3, 0.4) is 0 Å². The van der Waals surface area contributed by atoms with Gasteiger partial charge in [-0.05, 0) is 30.7 Å². The number of nitrogens with one attached hydrogen (secondary N) is 2. The molecular formula is C15H24N2O3. The fraction of sp³-hybridized carbons (Fsp3) is 0.533. The normalized spacial score (nSPS) is 10.3. The molecule has 0 saturated carbocycles. The highest BCUT2D eigenvalue weighted by molar-refractivity contribution is 5.77. The molecule has 5 heteroatoms. The Morgan fingerprint density at radius 3 is 2.65 bits per heavy atom. The van der Waals surface area contributed by atoms with E-state index in [0.29, 0.717) is 18.9 Å². The molecule has 2 N–H and O–H groups in total. The Bertz CT molecular complexity index is 379. The standard InChI is InChI=1S/C15H24N2O3/c1-3-16-11-13-5-7-14(8-6-13)20-12-15(18)17-9-4-10-19-2/h5-8,16H,3-4,9-12H2,1-2H3,(H,17,18). The predicted octanol–water partition coefficient (Wildman–Crippen LogP) is 1.33. The van der Waals surface area contributed by atoms with Crippen LogP contribution in [0, 0.1) is 0 Å². The van der Waals surface area contributed by atoms with Gasteiger partial charge in [-0.15, -0.1) is 0 Å². The van der Waals surface area contributed by atoms with Crippen molar-refractivity contribution < 1.29 is 14.3 Å². The highest BCUT2D eigenvalue weighted by Crippen LogP contribution is 2.11. The van der Waals surface area contributed by atoms with Crippen molar-refractivity contribution in [3.8, 4) is 5.75 Å². The van der Waals surface area contributed by atoms with Crippen molar-refractivity contribution >= 4 is 5.91 Å². The highest BCUT2D eigenvalue weighted by atomic mass is 16.5. The Morgan fingerprint density at radius 2 is 2.00 bits per heavy atom. The van der Waals surface area contributed by atoms with Crippen LogP contribution >= 0.6 is 0 Å². The average molecular weight is 280 g/mol. The van der Waals surface area contributed by atoms with E-state index in [9.17, 15) is 4.79 Å². The van der Waals surface area contributed by atoms with Crippen LogP contribution in [0.1, 0.15) is 18.9 Å². The second-order valence-electron chi connectivity index (χ2n) is 4.41.